The number of ether oxygens (including phenoxy) is 1. The summed E-state index contributed by atoms with van der Waals surface area (Å²) in [4.78, 5) is 13.5. The number of rotatable bonds is 7. The zero-order valence-electron chi connectivity index (χ0n) is 9.78. The third-order valence-corrected chi connectivity index (χ3v) is 2.65. The summed E-state index contributed by atoms with van der Waals surface area (Å²) in [5, 5.41) is 11.7. The highest BCUT2D eigenvalue weighted by Crippen LogP contribution is 1.97. The van der Waals surface area contributed by atoms with Gasteiger partial charge < -0.3 is 20.1 Å². The number of nitrogens with one attached hydrogen (secondary N) is 1. The standard InChI is InChI=1S/C11H22N2O3/c14-7-3-1-2-4-12-10-11(15)13-5-8-16-9-6-13/h12,14H,1-10H2. The Hall–Kier alpha value is -0.650. The Morgan fingerprint density at radius 3 is 2.69 bits per heavy atom. The van der Waals surface area contributed by atoms with Crippen LogP contribution in [0, 0.1) is 0 Å². The normalized spacial score (nSPS) is 16.4. The molecule has 0 unspecified atom stereocenters. The summed E-state index contributed by atoms with van der Waals surface area (Å²) in [6.07, 6.45) is 2.87. The minimum atomic E-state index is 0.158. The molecule has 1 saturated heterocycles. The zero-order valence-corrected chi connectivity index (χ0v) is 9.78. The molecule has 0 bridgehead atoms. The van der Waals surface area contributed by atoms with E-state index in [9.17, 15) is 4.79 Å². The Kier molecular flexibility index (Phi) is 7.12. The minimum absolute atomic E-state index is 0.158. The summed E-state index contributed by atoms with van der Waals surface area (Å²) in [6.45, 7) is 4.25. The van der Waals surface area contributed by atoms with Crippen molar-refractivity contribution in [1.29, 1.82) is 0 Å². The summed E-state index contributed by atoms with van der Waals surface area (Å²) < 4.78 is 5.18. The number of aliphatic hydroxyl groups is 1. The van der Waals surface area contributed by atoms with Crippen LogP contribution in [0.5, 0.6) is 0 Å². The van der Waals surface area contributed by atoms with Crippen LogP contribution in [0.3, 0.4) is 0 Å². The first kappa shape index (κ1) is 13.4. The molecule has 1 amide bonds. The molecule has 0 aliphatic carbocycles. The molecule has 1 rings (SSSR count). The summed E-state index contributed by atoms with van der Waals surface area (Å²) in [5.41, 5.74) is 0. The maximum atomic E-state index is 11.7. The molecule has 0 aromatic heterocycles. The molecular formula is C11H22N2O3. The Labute approximate surface area is 96.8 Å². The van der Waals surface area contributed by atoms with E-state index in [4.69, 9.17) is 9.84 Å². The number of hydrogen-bond acceptors (Lipinski definition) is 4. The predicted molar refractivity (Wildman–Crippen MR) is 61.2 cm³/mol. The van der Waals surface area contributed by atoms with Crippen LogP contribution in [-0.2, 0) is 9.53 Å². The first-order chi connectivity index (χ1) is 7.84. The van der Waals surface area contributed by atoms with Crippen molar-refractivity contribution in [3.63, 3.8) is 0 Å². The molecule has 0 radical (unpaired) electrons. The molecule has 5 nitrogen and oxygen atoms in total. The van der Waals surface area contributed by atoms with E-state index < -0.39 is 0 Å². The van der Waals surface area contributed by atoms with Crippen molar-refractivity contribution < 1.29 is 14.6 Å². The number of nitrogens with zero attached hydrogens (tertiary/aromatic N) is 1. The summed E-state index contributed by atoms with van der Waals surface area (Å²) in [7, 11) is 0. The Morgan fingerprint density at radius 1 is 1.25 bits per heavy atom. The van der Waals surface area contributed by atoms with Crippen LogP contribution in [0.2, 0.25) is 0 Å². The smallest absolute Gasteiger partial charge is 0.236 e. The van der Waals surface area contributed by atoms with Gasteiger partial charge in [0, 0.05) is 19.7 Å². The van der Waals surface area contributed by atoms with Crippen LogP contribution in [0.4, 0.5) is 0 Å². The van der Waals surface area contributed by atoms with E-state index in [1.54, 1.807) is 0 Å². The van der Waals surface area contributed by atoms with E-state index >= 15 is 0 Å². The molecule has 5 heteroatoms. The zero-order chi connectivity index (χ0) is 11.6. The third-order valence-electron chi connectivity index (χ3n) is 2.65. The van der Waals surface area contributed by atoms with E-state index in [0.29, 0.717) is 32.8 Å². The second-order valence-corrected chi connectivity index (χ2v) is 3.95. The average molecular weight is 230 g/mol. The average Bonchev–Trinajstić information content (AvgIpc) is 2.34. The molecular weight excluding hydrogens is 208 g/mol. The lowest BCUT2D eigenvalue weighted by Crippen LogP contribution is -2.44. The molecule has 0 aromatic rings. The number of morpholine rings is 1. The highest BCUT2D eigenvalue weighted by molar-refractivity contribution is 5.78. The molecule has 0 atom stereocenters. The van der Waals surface area contributed by atoms with Gasteiger partial charge in [0.1, 0.15) is 0 Å². The molecule has 16 heavy (non-hydrogen) atoms. The molecule has 1 fully saturated rings. The van der Waals surface area contributed by atoms with E-state index in [1.165, 1.54) is 0 Å². The highest BCUT2D eigenvalue weighted by Gasteiger charge is 2.15. The predicted octanol–water partition coefficient (Wildman–Crippen LogP) is -0.403. The molecule has 0 spiro atoms. The maximum absolute atomic E-state index is 11.7. The first-order valence-corrected chi connectivity index (χ1v) is 6.01. The Bertz CT molecular complexity index is 194. The molecule has 1 aliphatic heterocycles. The summed E-state index contributed by atoms with van der Waals surface area (Å²) in [5.74, 6) is 0.158. The van der Waals surface area contributed by atoms with Crippen LogP contribution < -0.4 is 5.32 Å². The lowest BCUT2D eigenvalue weighted by molar-refractivity contribution is -0.134. The fourth-order valence-corrected chi connectivity index (χ4v) is 1.66. The molecule has 94 valence electrons. The number of carbonyl (C=O) groups excluding carboxylic acids is 1. The van der Waals surface area contributed by atoms with Gasteiger partial charge in [-0.25, -0.2) is 0 Å². The lowest BCUT2D eigenvalue weighted by atomic mass is 10.2. The first-order valence-electron chi connectivity index (χ1n) is 6.01. The van der Waals surface area contributed by atoms with Crippen molar-refractivity contribution in [1.82, 2.24) is 10.2 Å². The van der Waals surface area contributed by atoms with Gasteiger partial charge in [-0.15, -0.1) is 0 Å². The number of unbranched alkanes of at least 4 members (excludes halogenated alkanes) is 2. The van der Waals surface area contributed by atoms with Crippen molar-refractivity contribution >= 4 is 5.91 Å². The third kappa shape index (κ3) is 5.44. The van der Waals surface area contributed by atoms with Gasteiger partial charge in [0.2, 0.25) is 5.91 Å². The van der Waals surface area contributed by atoms with E-state index in [0.717, 1.165) is 25.8 Å². The van der Waals surface area contributed by atoms with E-state index in [2.05, 4.69) is 5.32 Å². The van der Waals surface area contributed by atoms with E-state index in [-0.39, 0.29) is 12.5 Å². The lowest BCUT2D eigenvalue weighted by Gasteiger charge is -2.26. The molecule has 1 aliphatic rings. The van der Waals surface area contributed by atoms with Gasteiger partial charge >= 0.3 is 0 Å². The molecule has 0 aromatic carbocycles. The van der Waals surface area contributed by atoms with Crippen molar-refractivity contribution in [2.45, 2.75) is 19.3 Å². The summed E-state index contributed by atoms with van der Waals surface area (Å²) in [6, 6.07) is 0. The van der Waals surface area contributed by atoms with Gasteiger partial charge in [0.05, 0.1) is 19.8 Å². The second kappa shape index (κ2) is 8.50. The fraction of sp³-hybridized carbons (Fsp3) is 0.909. The number of aliphatic hydroxyl groups excluding tert-OH is 1. The van der Waals surface area contributed by atoms with Crippen LogP contribution in [0.1, 0.15) is 19.3 Å². The van der Waals surface area contributed by atoms with Gasteiger partial charge in [-0.1, -0.05) is 0 Å². The van der Waals surface area contributed by atoms with Crippen molar-refractivity contribution in [3.8, 4) is 0 Å². The largest absolute Gasteiger partial charge is 0.396 e. The number of carbonyl (C=O) groups is 1. The Morgan fingerprint density at radius 2 is 2.00 bits per heavy atom. The number of amides is 1. The topological polar surface area (TPSA) is 61.8 Å². The molecule has 0 saturated carbocycles. The van der Waals surface area contributed by atoms with E-state index in [1.807, 2.05) is 4.90 Å². The highest BCUT2D eigenvalue weighted by atomic mass is 16.5. The van der Waals surface area contributed by atoms with Crippen LogP contribution >= 0.6 is 0 Å². The fourth-order valence-electron chi connectivity index (χ4n) is 1.66. The van der Waals surface area contributed by atoms with Crippen LogP contribution in [0.25, 0.3) is 0 Å². The van der Waals surface area contributed by atoms with Crippen LogP contribution in [0.15, 0.2) is 0 Å². The van der Waals surface area contributed by atoms with Gasteiger partial charge in [-0.05, 0) is 25.8 Å². The SMILES string of the molecule is O=C(CNCCCCCO)N1CCOCC1. The quantitative estimate of drug-likeness (QED) is 0.584. The maximum Gasteiger partial charge on any atom is 0.236 e. The van der Waals surface area contributed by atoms with Crippen LogP contribution in [-0.4, -0.2) is 61.9 Å². The van der Waals surface area contributed by atoms with Gasteiger partial charge in [-0.3, -0.25) is 4.79 Å². The molecule has 1 heterocycles. The van der Waals surface area contributed by atoms with Gasteiger partial charge in [0.25, 0.3) is 0 Å². The van der Waals surface area contributed by atoms with Crippen molar-refractivity contribution in [2.24, 2.45) is 0 Å². The monoisotopic (exact) mass is 230 g/mol. The Balaban J connectivity index is 1.97. The van der Waals surface area contributed by atoms with Gasteiger partial charge in [-0.2, -0.15) is 0 Å². The van der Waals surface area contributed by atoms with Crippen molar-refractivity contribution in [2.75, 3.05) is 46.0 Å². The second-order valence-electron chi connectivity index (χ2n) is 3.95. The van der Waals surface area contributed by atoms with Crippen molar-refractivity contribution in [3.05, 3.63) is 0 Å². The summed E-state index contributed by atoms with van der Waals surface area (Å²) >= 11 is 0. The molecule has 2 N–H and O–H groups in total. The number of hydrogen-bond donors (Lipinski definition) is 2. The minimum Gasteiger partial charge on any atom is -0.396 e. The van der Waals surface area contributed by atoms with Gasteiger partial charge in [0.15, 0.2) is 0 Å².